The van der Waals surface area contributed by atoms with Crippen molar-refractivity contribution in [3.05, 3.63) is 23.3 Å². The fraction of sp³-hybridized carbons (Fsp3) is 0.600. The van der Waals surface area contributed by atoms with Crippen LogP contribution in [0.2, 0.25) is 0 Å². The lowest BCUT2D eigenvalue weighted by Gasteiger charge is -2.31. The lowest BCUT2D eigenvalue weighted by Crippen LogP contribution is -2.47. The second kappa shape index (κ2) is 11.3. The van der Waals surface area contributed by atoms with Crippen molar-refractivity contribution in [2.45, 2.75) is 37.6 Å². The molecule has 0 aromatic heterocycles. The molecule has 0 radical (unpaired) electrons. The maximum atomic E-state index is 12.7. The molecule has 0 atom stereocenters. The number of likely N-dealkylation sites (tertiary alicyclic amines) is 1. The first-order valence-corrected chi connectivity index (χ1v) is 11.7. The van der Waals surface area contributed by atoms with E-state index in [-0.39, 0.29) is 42.5 Å². The first kappa shape index (κ1) is 24.9. The normalized spacial score (nSPS) is 15.0. The van der Waals surface area contributed by atoms with Crippen molar-refractivity contribution in [1.29, 1.82) is 0 Å². The van der Waals surface area contributed by atoms with Gasteiger partial charge >= 0.3 is 6.09 Å². The number of hydrogen-bond acceptors (Lipinski definition) is 7. The van der Waals surface area contributed by atoms with Crippen LogP contribution >= 0.6 is 0 Å². The molecule has 1 fully saturated rings. The summed E-state index contributed by atoms with van der Waals surface area (Å²) in [6.07, 6.45) is 0.0865. The SMILES string of the molecule is COc1cc(C)c(S(=O)(=O)CNCCOCC(=O)N2CCC(NC(=O)O)CC2)c(C)c1. The Morgan fingerprint density at radius 2 is 1.81 bits per heavy atom. The Hall–Kier alpha value is -2.37. The Labute approximate surface area is 182 Å². The van der Waals surface area contributed by atoms with Crippen molar-refractivity contribution in [2.24, 2.45) is 0 Å². The average molecular weight is 458 g/mol. The first-order valence-electron chi connectivity index (χ1n) is 10.1. The molecule has 174 valence electrons. The Morgan fingerprint density at radius 3 is 2.35 bits per heavy atom. The molecule has 1 saturated heterocycles. The van der Waals surface area contributed by atoms with Gasteiger partial charge in [-0.05, 0) is 49.9 Å². The summed E-state index contributed by atoms with van der Waals surface area (Å²) >= 11 is 0. The number of rotatable bonds is 10. The number of piperidine rings is 1. The highest BCUT2D eigenvalue weighted by Crippen LogP contribution is 2.26. The molecule has 31 heavy (non-hydrogen) atoms. The van der Waals surface area contributed by atoms with Crippen LogP contribution in [0, 0.1) is 13.8 Å². The van der Waals surface area contributed by atoms with E-state index in [1.54, 1.807) is 30.9 Å². The number of methoxy groups -OCH3 is 1. The van der Waals surface area contributed by atoms with E-state index in [1.807, 2.05) is 0 Å². The fourth-order valence-corrected chi connectivity index (χ4v) is 5.30. The summed E-state index contributed by atoms with van der Waals surface area (Å²) in [6.45, 7) is 4.80. The van der Waals surface area contributed by atoms with Crippen LogP contribution < -0.4 is 15.4 Å². The van der Waals surface area contributed by atoms with Crippen LogP contribution in [0.4, 0.5) is 4.79 Å². The topological polar surface area (TPSA) is 134 Å². The fourth-order valence-electron chi connectivity index (χ4n) is 3.64. The summed E-state index contributed by atoms with van der Waals surface area (Å²) in [5, 5.41) is 14.0. The number of carbonyl (C=O) groups excluding carboxylic acids is 1. The van der Waals surface area contributed by atoms with E-state index in [0.717, 1.165) is 0 Å². The van der Waals surface area contributed by atoms with Gasteiger partial charge in [0.15, 0.2) is 9.84 Å². The van der Waals surface area contributed by atoms with E-state index in [4.69, 9.17) is 14.6 Å². The van der Waals surface area contributed by atoms with Gasteiger partial charge in [-0.2, -0.15) is 0 Å². The van der Waals surface area contributed by atoms with Crippen molar-refractivity contribution in [1.82, 2.24) is 15.5 Å². The van der Waals surface area contributed by atoms with E-state index < -0.39 is 15.9 Å². The average Bonchev–Trinajstić information content (AvgIpc) is 2.69. The summed E-state index contributed by atoms with van der Waals surface area (Å²) in [5.74, 6) is 0.218. The molecule has 0 aliphatic carbocycles. The van der Waals surface area contributed by atoms with Crippen LogP contribution in [-0.4, -0.2) is 82.3 Å². The van der Waals surface area contributed by atoms with Gasteiger partial charge in [-0.1, -0.05) is 0 Å². The zero-order valence-electron chi connectivity index (χ0n) is 18.1. The minimum atomic E-state index is -3.53. The van der Waals surface area contributed by atoms with Crippen LogP contribution in [0.15, 0.2) is 17.0 Å². The molecule has 1 heterocycles. The van der Waals surface area contributed by atoms with Crippen LogP contribution in [0.3, 0.4) is 0 Å². The highest BCUT2D eigenvalue weighted by Gasteiger charge is 2.24. The Morgan fingerprint density at radius 1 is 1.19 bits per heavy atom. The van der Waals surface area contributed by atoms with Gasteiger partial charge in [0.25, 0.3) is 0 Å². The predicted molar refractivity (Wildman–Crippen MR) is 114 cm³/mol. The predicted octanol–water partition coefficient (Wildman–Crippen LogP) is 0.908. The molecule has 0 spiro atoms. The molecule has 2 amide bonds. The van der Waals surface area contributed by atoms with Crippen LogP contribution in [0.1, 0.15) is 24.0 Å². The van der Waals surface area contributed by atoms with Gasteiger partial charge in [0.05, 0.1) is 18.6 Å². The van der Waals surface area contributed by atoms with Gasteiger partial charge in [-0.15, -0.1) is 0 Å². The zero-order valence-corrected chi connectivity index (χ0v) is 19.0. The number of nitrogens with zero attached hydrogens (tertiary/aromatic N) is 1. The molecule has 0 saturated carbocycles. The molecule has 0 unspecified atom stereocenters. The molecule has 11 heteroatoms. The molecular formula is C20H31N3O7S. The number of carbonyl (C=O) groups is 2. The molecule has 1 aliphatic rings. The molecule has 0 bridgehead atoms. The number of hydrogen-bond donors (Lipinski definition) is 3. The zero-order chi connectivity index (χ0) is 23.0. The monoisotopic (exact) mass is 457 g/mol. The number of carboxylic acid groups (broad SMARTS) is 1. The number of ether oxygens (including phenoxy) is 2. The second-order valence-electron chi connectivity index (χ2n) is 7.51. The number of nitrogens with one attached hydrogen (secondary N) is 2. The van der Waals surface area contributed by atoms with Crippen molar-refractivity contribution in [3.63, 3.8) is 0 Å². The molecular weight excluding hydrogens is 426 g/mol. The smallest absolute Gasteiger partial charge is 0.404 e. The number of benzene rings is 1. The highest BCUT2D eigenvalue weighted by atomic mass is 32.2. The third-order valence-corrected chi connectivity index (χ3v) is 6.95. The van der Waals surface area contributed by atoms with Gasteiger partial charge in [0.2, 0.25) is 5.91 Å². The largest absolute Gasteiger partial charge is 0.497 e. The standard InChI is InChI=1S/C20H31N3O7S/c1-14-10-17(29-3)11-15(2)19(14)31(27,28)13-21-6-9-30-12-18(24)23-7-4-16(5-8-23)22-20(25)26/h10-11,16,21-22H,4-9,12-13H2,1-3H3,(H,25,26). The lowest BCUT2D eigenvalue weighted by atomic mass is 10.1. The second-order valence-corrected chi connectivity index (χ2v) is 9.43. The van der Waals surface area contributed by atoms with Crippen LogP contribution in [-0.2, 0) is 19.4 Å². The van der Waals surface area contributed by atoms with Crippen LogP contribution in [0.25, 0.3) is 0 Å². The summed E-state index contributed by atoms with van der Waals surface area (Å²) in [6, 6.07) is 3.25. The quantitative estimate of drug-likeness (QED) is 0.441. The summed E-state index contributed by atoms with van der Waals surface area (Å²) in [4.78, 5) is 24.8. The van der Waals surface area contributed by atoms with Crippen molar-refractivity contribution in [3.8, 4) is 5.75 Å². The van der Waals surface area contributed by atoms with E-state index in [9.17, 15) is 18.0 Å². The van der Waals surface area contributed by atoms with Crippen molar-refractivity contribution >= 4 is 21.8 Å². The van der Waals surface area contributed by atoms with Crippen molar-refractivity contribution < 1.29 is 32.6 Å². The van der Waals surface area contributed by atoms with Crippen molar-refractivity contribution in [2.75, 3.05) is 45.8 Å². The minimum absolute atomic E-state index is 0.0951. The molecule has 3 N–H and O–H groups in total. The van der Waals surface area contributed by atoms with Gasteiger partial charge in [0, 0.05) is 25.7 Å². The van der Waals surface area contributed by atoms with Gasteiger partial charge < -0.3 is 30.1 Å². The van der Waals surface area contributed by atoms with Crippen LogP contribution in [0.5, 0.6) is 5.75 Å². The number of sulfone groups is 1. The van der Waals surface area contributed by atoms with Gasteiger partial charge in [-0.25, -0.2) is 13.2 Å². The Kier molecular flexibility index (Phi) is 9.08. The van der Waals surface area contributed by atoms with E-state index in [2.05, 4.69) is 10.6 Å². The van der Waals surface area contributed by atoms with E-state index >= 15 is 0 Å². The van der Waals surface area contributed by atoms with E-state index in [1.165, 1.54) is 7.11 Å². The summed E-state index contributed by atoms with van der Waals surface area (Å²) in [7, 11) is -1.99. The first-order chi connectivity index (χ1) is 14.6. The molecule has 10 nitrogen and oxygen atoms in total. The summed E-state index contributed by atoms with van der Waals surface area (Å²) < 4.78 is 35.9. The lowest BCUT2D eigenvalue weighted by molar-refractivity contribution is -0.137. The molecule has 2 rings (SSSR count). The minimum Gasteiger partial charge on any atom is -0.497 e. The Bertz CT molecular complexity index is 858. The molecule has 1 aromatic rings. The van der Waals surface area contributed by atoms with E-state index in [0.29, 0.717) is 42.8 Å². The summed E-state index contributed by atoms with van der Waals surface area (Å²) in [5.41, 5.74) is 1.26. The Balaban J connectivity index is 1.69. The van der Waals surface area contributed by atoms with Gasteiger partial charge in [-0.3, -0.25) is 4.79 Å². The molecule has 1 aromatic carbocycles. The third kappa shape index (κ3) is 7.37. The number of aryl methyl sites for hydroxylation is 2. The maximum Gasteiger partial charge on any atom is 0.404 e. The van der Waals surface area contributed by atoms with Gasteiger partial charge in [0.1, 0.15) is 18.2 Å². The highest BCUT2D eigenvalue weighted by molar-refractivity contribution is 7.91. The third-order valence-electron chi connectivity index (χ3n) is 5.10. The number of amides is 2. The maximum absolute atomic E-state index is 12.7. The molecule has 1 aliphatic heterocycles.